The minimum atomic E-state index is -2.42. The molecule has 0 amide bonds. The van der Waals surface area contributed by atoms with Crippen molar-refractivity contribution in [1.29, 1.82) is 0 Å². The molecule has 1 fully saturated rings. The summed E-state index contributed by atoms with van der Waals surface area (Å²) in [5, 5.41) is 0. The Hall–Kier alpha value is -0.180. The van der Waals surface area contributed by atoms with Crippen LogP contribution in [0.4, 0.5) is 8.78 Å². The molecule has 1 saturated carbocycles. The van der Waals surface area contributed by atoms with Gasteiger partial charge in [-0.25, -0.2) is 8.78 Å². The molecule has 0 N–H and O–H groups in total. The third-order valence-corrected chi connectivity index (χ3v) is 2.63. The van der Waals surface area contributed by atoms with Crippen molar-refractivity contribution in [2.24, 2.45) is 11.3 Å². The summed E-state index contributed by atoms with van der Waals surface area (Å²) in [4.78, 5) is 1.86. The molecular weight excluding hydrogens is 172 g/mol. The van der Waals surface area contributed by atoms with Gasteiger partial charge in [-0.3, -0.25) is 0 Å². The maximum absolute atomic E-state index is 13.1. The molecule has 0 aromatic heterocycles. The van der Waals surface area contributed by atoms with Crippen LogP contribution in [0.2, 0.25) is 0 Å². The Morgan fingerprint density at radius 2 is 1.77 bits per heavy atom. The standard InChI is InChI=1S/C10H19F2N/c1-8(2)5-9(7-13(3)4)6-10(9,11)12/h8H,5-7H2,1-4H3. The van der Waals surface area contributed by atoms with E-state index in [9.17, 15) is 8.78 Å². The molecule has 0 aromatic carbocycles. The van der Waals surface area contributed by atoms with E-state index in [1.54, 1.807) is 0 Å². The van der Waals surface area contributed by atoms with Crippen molar-refractivity contribution in [3.05, 3.63) is 0 Å². The van der Waals surface area contributed by atoms with Gasteiger partial charge in [0.25, 0.3) is 5.92 Å². The molecule has 13 heavy (non-hydrogen) atoms. The third-order valence-electron chi connectivity index (χ3n) is 2.63. The quantitative estimate of drug-likeness (QED) is 0.660. The van der Waals surface area contributed by atoms with E-state index in [1.165, 1.54) is 0 Å². The van der Waals surface area contributed by atoms with Gasteiger partial charge in [-0.1, -0.05) is 13.8 Å². The van der Waals surface area contributed by atoms with E-state index < -0.39 is 11.3 Å². The SMILES string of the molecule is CC(C)CC1(CN(C)C)CC1(F)F. The molecule has 0 radical (unpaired) electrons. The number of hydrogen-bond donors (Lipinski definition) is 0. The molecule has 1 aliphatic carbocycles. The van der Waals surface area contributed by atoms with Crippen molar-refractivity contribution in [2.75, 3.05) is 20.6 Å². The molecule has 0 aliphatic heterocycles. The summed E-state index contributed by atoms with van der Waals surface area (Å²) in [6.07, 6.45) is 0.717. The summed E-state index contributed by atoms with van der Waals surface area (Å²) >= 11 is 0. The predicted molar refractivity (Wildman–Crippen MR) is 50.0 cm³/mol. The molecule has 1 unspecified atom stereocenters. The van der Waals surface area contributed by atoms with E-state index in [-0.39, 0.29) is 6.42 Å². The van der Waals surface area contributed by atoms with Gasteiger partial charge in [0.15, 0.2) is 0 Å². The zero-order chi connectivity index (χ0) is 10.3. The van der Waals surface area contributed by atoms with E-state index in [1.807, 2.05) is 32.8 Å². The van der Waals surface area contributed by atoms with Gasteiger partial charge >= 0.3 is 0 Å². The van der Waals surface area contributed by atoms with Crippen LogP contribution in [-0.4, -0.2) is 31.5 Å². The first-order valence-corrected chi connectivity index (χ1v) is 4.82. The van der Waals surface area contributed by atoms with Crippen LogP contribution in [0.1, 0.15) is 26.7 Å². The second kappa shape index (κ2) is 3.19. The van der Waals surface area contributed by atoms with Gasteiger partial charge in [-0.15, -0.1) is 0 Å². The second-order valence-corrected chi connectivity index (χ2v) is 5.00. The maximum Gasteiger partial charge on any atom is 0.255 e. The molecule has 0 spiro atoms. The van der Waals surface area contributed by atoms with Crippen molar-refractivity contribution >= 4 is 0 Å². The van der Waals surface area contributed by atoms with Gasteiger partial charge in [0.2, 0.25) is 0 Å². The first kappa shape index (κ1) is 10.9. The molecule has 0 saturated heterocycles. The van der Waals surface area contributed by atoms with Crippen LogP contribution in [0.3, 0.4) is 0 Å². The molecule has 0 bridgehead atoms. The Bertz CT molecular complexity index is 177. The Kier molecular flexibility index (Phi) is 2.68. The maximum atomic E-state index is 13.1. The van der Waals surface area contributed by atoms with Crippen molar-refractivity contribution in [2.45, 2.75) is 32.6 Å². The summed E-state index contributed by atoms with van der Waals surface area (Å²) in [6, 6.07) is 0. The Morgan fingerprint density at radius 3 is 2.00 bits per heavy atom. The molecule has 1 rings (SSSR count). The summed E-state index contributed by atoms with van der Waals surface area (Å²) in [6.45, 7) is 4.52. The predicted octanol–water partition coefficient (Wildman–Crippen LogP) is 2.62. The largest absolute Gasteiger partial charge is 0.309 e. The van der Waals surface area contributed by atoms with Gasteiger partial charge in [0, 0.05) is 13.0 Å². The fourth-order valence-corrected chi connectivity index (χ4v) is 2.23. The summed E-state index contributed by atoms with van der Waals surface area (Å²) in [5.74, 6) is -2.06. The van der Waals surface area contributed by atoms with Gasteiger partial charge in [0.05, 0.1) is 5.41 Å². The summed E-state index contributed by atoms with van der Waals surface area (Å²) < 4.78 is 26.3. The fraction of sp³-hybridized carbons (Fsp3) is 1.00. The Balaban J connectivity index is 2.58. The normalized spacial score (nSPS) is 31.4. The molecule has 1 aliphatic rings. The topological polar surface area (TPSA) is 3.24 Å². The highest BCUT2D eigenvalue weighted by molar-refractivity contribution is 5.11. The highest BCUT2D eigenvalue weighted by atomic mass is 19.3. The fourth-order valence-electron chi connectivity index (χ4n) is 2.23. The molecule has 1 nitrogen and oxygen atoms in total. The average molecular weight is 191 g/mol. The molecule has 78 valence electrons. The molecule has 0 heterocycles. The van der Waals surface area contributed by atoms with Crippen LogP contribution in [-0.2, 0) is 0 Å². The molecule has 0 aromatic rings. The number of rotatable bonds is 4. The van der Waals surface area contributed by atoms with Crippen LogP contribution < -0.4 is 0 Å². The number of alkyl halides is 2. The van der Waals surface area contributed by atoms with Crippen molar-refractivity contribution in [3.8, 4) is 0 Å². The van der Waals surface area contributed by atoms with Crippen molar-refractivity contribution in [3.63, 3.8) is 0 Å². The van der Waals surface area contributed by atoms with Crippen LogP contribution in [0.25, 0.3) is 0 Å². The van der Waals surface area contributed by atoms with Crippen LogP contribution in [0, 0.1) is 11.3 Å². The minimum absolute atomic E-state index is 0.0797. The van der Waals surface area contributed by atoms with Gasteiger partial charge in [-0.05, 0) is 26.4 Å². The molecule has 1 atom stereocenters. The van der Waals surface area contributed by atoms with Gasteiger partial charge in [-0.2, -0.15) is 0 Å². The lowest BCUT2D eigenvalue weighted by atomic mass is 9.93. The zero-order valence-electron chi connectivity index (χ0n) is 8.90. The van der Waals surface area contributed by atoms with Gasteiger partial charge in [0.1, 0.15) is 0 Å². The highest BCUT2D eigenvalue weighted by Crippen LogP contribution is 2.63. The van der Waals surface area contributed by atoms with E-state index in [0.29, 0.717) is 18.9 Å². The molecule has 3 heteroatoms. The number of hydrogen-bond acceptors (Lipinski definition) is 1. The lowest BCUT2D eigenvalue weighted by Gasteiger charge is -2.22. The smallest absolute Gasteiger partial charge is 0.255 e. The third kappa shape index (κ3) is 2.19. The average Bonchev–Trinajstić information content (AvgIpc) is 2.27. The van der Waals surface area contributed by atoms with Crippen LogP contribution >= 0.6 is 0 Å². The van der Waals surface area contributed by atoms with Crippen LogP contribution in [0.5, 0.6) is 0 Å². The monoisotopic (exact) mass is 191 g/mol. The Labute approximate surface area is 79.1 Å². The number of halogens is 2. The molecular formula is C10H19F2N. The van der Waals surface area contributed by atoms with E-state index in [0.717, 1.165) is 0 Å². The zero-order valence-corrected chi connectivity index (χ0v) is 8.90. The van der Waals surface area contributed by atoms with E-state index in [4.69, 9.17) is 0 Å². The summed E-state index contributed by atoms with van der Waals surface area (Å²) in [7, 11) is 3.72. The number of nitrogens with zero attached hydrogens (tertiary/aromatic N) is 1. The van der Waals surface area contributed by atoms with E-state index in [2.05, 4.69) is 0 Å². The van der Waals surface area contributed by atoms with Crippen molar-refractivity contribution < 1.29 is 8.78 Å². The first-order valence-electron chi connectivity index (χ1n) is 4.82. The van der Waals surface area contributed by atoms with Gasteiger partial charge < -0.3 is 4.90 Å². The van der Waals surface area contributed by atoms with Crippen LogP contribution in [0.15, 0.2) is 0 Å². The lowest BCUT2D eigenvalue weighted by molar-refractivity contribution is 0.0437. The highest BCUT2D eigenvalue weighted by Gasteiger charge is 2.70. The lowest BCUT2D eigenvalue weighted by Crippen LogP contribution is -2.28. The van der Waals surface area contributed by atoms with Crippen molar-refractivity contribution in [1.82, 2.24) is 4.90 Å². The minimum Gasteiger partial charge on any atom is -0.309 e. The van der Waals surface area contributed by atoms with E-state index >= 15 is 0 Å². The second-order valence-electron chi connectivity index (χ2n) is 5.00. The first-order chi connectivity index (χ1) is 5.79. The Morgan fingerprint density at radius 1 is 1.31 bits per heavy atom. The summed E-state index contributed by atoms with van der Waals surface area (Å²) in [5.41, 5.74) is -0.718.